The molecule has 2 N–H and O–H groups in total. The number of hydrogen-bond acceptors (Lipinski definition) is 4. The van der Waals surface area contributed by atoms with Gasteiger partial charge in [0.1, 0.15) is 0 Å². The van der Waals surface area contributed by atoms with Crippen LogP contribution in [0.2, 0.25) is 0 Å². The number of guanidine groups is 1. The van der Waals surface area contributed by atoms with Crippen LogP contribution in [0.1, 0.15) is 30.5 Å². The van der Waals surface area contributed by atoms with E-state index in [9.17, 15) is 13.2 Å². The van der Waals surface area contributed by atoms with Crippen molar-refractivity contribution < 1.29 is 13.2 Å². The first-order valence-electron chi connectivity index (χ1n) is 8.14. The molecule has 5 nitrogen and oxygen atoms in total. The smallest absolute Gasteiger partial charge is 0.357 e. The van der Waals surface area contributed by atoms with Gasteiger partial charge in [0.15, 0.2) is 11.7 Å². The zero-order chi connectivity index (χ0) is 17.6. The van der Waals surface area contributed by atoms with Crippen LogP contribution < -0.4 is 10.6 Å². The summed E-state index contributed by atoms with van der Waals surface area (Å²) in [7, 11) is 2.11. The molecular weight excluding hydrogens is 339 g/mol. The maximum absolute atomic E-state index is 12.5. The molecule has 2 heterocycles. The third-order valence-corrected chi connectivity index (χ3v) is 4.86. The standard InChI is InChI=1S/C15H24F3N5S/c1-3-19-14(21-9-11-5-4-8-23(11)2)20-7-6-13-22-12(10-24-13)15(16,17)18/h10-11H,3-9H2,1-2H3,(H2,19,20,21). The molecule has 0 aromatic carbocycles. The van der Waals surface area contributed by atoms with E-state index in [1.54, 1.807) is 0 Å². The number of rotatable bonds is 6. The highest BCUT2D eigenvalue weighted by Gasteiger charge is 2.33. The zero-order valence-corrected chi connectivity index (χ0v) is 14.8. The minimum absolute atomic E-state index is 0.439. The highest BCUT2D eigenvalue weighted by molar-refractivity contribution is 7.09. The summed E-state index contributed by atoms with van der Waals surface area (Å²) < 4.78 is 37.6. The first kappa shape index (κ1) is 19.0. The zero-order valence-electron chi connectivity index (χ0n) is 14.0. The molecule has 1 unspecified atom stereocenters. The fourth-order valence-electron chi connectivity index (χ4n) is 2.59. The first-order chi connectivity index (χ1) is 11.4. The van der Waals surface area contributed by atoms with Crippen molar-refractivity contribution in [1.29, 1.82) is 0 Å². The average molecular weight is 363 g/mol. The summed E-state index contributed by atoms with van der Waals surface area (Å²) in [5, 5.41) is 7.86. The maximum Gasteiger partial charge on any atom is 0.434 e. The molecule has 136 valence electrons. The van der Waals surface area contributed by atoms with Crippen LogP contribution in [0.25, 0.3) is 0 Å². The van der Waals surface area contributed by atoms with E-state index in [-0.39, 0.29) is 0 Å². The van der Waals surface area contributed by atoms with E-state index in [1.165, 1.54) is 6.42 Å². The molecule has 0 bridgehead atoms. The summed E-state index contributed by atoms with van der Waals surface area (Å²) in [5.41, 5.74) is -0.813. The predicted molar refractivity (Wildman–Crippen MR) is 90.5 cm³/mol. The van der Waals surface area contributed by atoms with Crippen LogP contribution in [0.5, 0.6) is 0 Å². The van der Waals surface area contributed by atoms with Gasteiger partial charge in [-0.15, -0.1) is 11.3 Å². The van der Waals surface area contributed by atoms with E-state index in [4.69, 9.17) is 0 Å². The van der Waals surface area contributed by atoms with E-state index in [0.717, 1.165) is 42.8 Å². The van der Waals surface area contributed by atoms with Crippen LogP contribution in [0.15, 0.2) is 10.4 Å². The van der Waals surface area contributed by atoms with Crippen molar-refractivity contribution in [2.45, 2.75) is 38.4 Å². The summed E-state index contributed by atoms with van der Waals surface area (Å²) in [5.74, 6) is 0.699. The summed E-state index contributed by atoms with van der Waals surface area (Å²) in [6.07, 6.45) is -1.58. The largest absolute Gasteiger partial charge is 0.434 e. The van der Waals surface area contributed by atoms with Gasteiger partial charge in [-0.2, -0.15) is 13.2 Å². The average Bonchev–Trinajstić information content (AvgIpc) is 3.13. The van der Waals surface area contributed by atoms with Crippen LogP contribution in [0, 0.1) is 0 Å². The van der Waals surface area contributed by atoms with Crippen LogP contribution >= 0.6 is 11.3 Å². The molecule has 0 radical (unpaired) electrons. The monoisotopic (exact) mass is 363 g/mol. The second kappa shape index (κ2) is 8.66. The lowest BCUT2D eigenvalue weighted by atomic mass is 10.2. The topological polar surface area (TPSA) is 52.6 Å². The second-order valence-corrected chi connectivity index (χ2v) is 6.74. The molecule has 1 aromatic heterocycles. The van der Waals surface area contributed by atoms with E-state index in [0.29, 0.717) is 30.0 Å². The Morgan fingerprint density at radius 1 is 1.46 bits per heavy atom. The lowest BCUT2D eigenvalue weighted by Crippen LogP contribution is -2.39. The number of hydrogen-bond donors (Lipinski definition) is 2. The van der Waals surface area contributed by atoms with Crippen molar-refractivity contribution in [1.82, 2.24) is 20.5 Å². The van der Waals surface area contributed by atoms with Gasteiger partial charge in [0.05, 0.1) is 11.6 Å². The van der Waals surface area contributed by atoms with Crippen molar-refractivity contribution in [2.75, 3.05) is 33.2 Å². The Labute approximate surface area is 144 Å². The maximum atomic E-state index is 12.5. The van der Waals surface area contributed by atoms with Crippen LogP contribution in [-0.2, 0) is 12.6 Å². The molecule has 1 atom stereocenters. The summed E-state index contributed by atoms with van der Waals surface area (Å²) in [6, 6.07) is 0.466. The molecule has 0 saturated carbocycles. The number of nitrogens with zero attached hydrogens (tertiary/aromatic N) is 3. The Hall–Kier alpha value is -1.35. The molecule has 0 amide bonds. The quantitative estimate of drug-likeness (QED) is 0.602. The van der Waals surface area contributed by atoms with Gasteiger partial charge in [0.25, 0.3) is 0 Å². The SMILES string of the molecule is CCNC(=NCC1CCCN1C)NCCc1nc(C(F)(F)F)cs1. The van der Waals surface area contributed by atoms with Crippen molar-refractivity contribution in [2.24, 2.45) is 4.99 Å². The number of likely N-dealkylation sites (N-methyl/N-ethyl adjacent to an activating group) is 1. The summed E-state index contributed by atoms with van der Waals surface area (Å²) in [6.45, 7) is 5.05. The van der Waals surface area contributed by atoms with Crippen molar-refractivity contribution in [3.8, 4) is 0 Å². The number of aliphatic imine (C=N–C) groups is 1. The van der Waals surface area contributed by atoms with Gasteiger partial charge in [0, 0.05) is 30.9 Å². The van der Waals surface area contributed by atoms with E-state index in [1.807, 2.05) is 6.92 Å². The van der Waals surface area contributed by atoms with E-state index in [2.05, 4.69) is 32.6 Å². The van der Waals surface area contributed by atoms with E-state index >= 15 is 0 Å². The molecule has 0 aliphatic carbocycles. The molecule has 1 fully saturated rings. The number of thiazole rings is 1. The first-order valence-corrected chi connectivity index (χ1v) is 9.02. The number of alkyl halides is 3. The Kier molecular flexibility index (Phi) is 6.85. The molecule has 2 rings (SSSR count). The number of aromatic nitrogens is 1. The highest BCUT2D eigenvalue weighted by atomic mass is 32.1. The third-order valence-electron chi connectivity index (χ3n) is 3.95. The summed E-state index contributed by atoms with van der Waals surface area (Å²) in [4.78, 5) is 10.5. The number of halogens is 3. The van der Waals surface area contributed by atoms with Gasteiger partial charge < -0.3 is 15.5 Å². The fourth-order valence-corrected chi connectivity index (χ4v) is 3.40. The number of nitrogens with one attached hydrogen (secondary N) is 2. The number of likely N-dealkylation sites (tertiary alicyclic amines) is 1. The van der Waals surface area contributed by atoms with Gasteiger partial charge in [-0.25, -0.2) is 4.98 Å². The van der Waals surface area contributed by atoms with Crippen molar-refractivity contribution >= 4 is 17.3 Å². The molecule has 1 aromatic rings. The molecule has 0 spiro atoms. The molecule has 9 heteroatoms. The lowest BCUT2D eigenvalue weighted by molar-refractivity contribution is -0.140. The molecule has 1 saturated heterocycles. The highest BCUT2D eigenvalue weighted by Crippen LogP contribution is 2.29. The normalized spacial score (nSPS) is 19.7. The lowest BCUT2D eigenvalue weighted by Gasteiger charge is -2.18. The van der Waals surface area contributed by atoms with Crippen LogP contribution in [0.4, 0.5) is 13.2 Å². The van der Waals surface area contributed by atoms with Gasteiger partial charge in [-0.1, -0.05) is 0 Å². The summed E-state index contributed by atoms with van der Waals surface area (Å²) >= 11 is 1.04. The fraction of sp³-hybridized carbons (Fsp3) is 0.733. The van der Waals surface area contributed by atoms with Crippen molar-refractivity contribution in [3.63, 3.8) is 0 Å². The predicted octanol–water partition coefficient (Wildman–Crippen LogP) is 2.35. The minimum atomic E-state index is -4.37. The third kappa shape index (κ3) is 5.62. The van der Waals surface area contributed by atoms with Gasteiger partial charge in [0.2, 0.25) is 0 Å². The second-order valence-electron chi connectivity index (χ2n) is 5.80. The Bertz CT molecular complexity index is 543. The Morgan fingerprint density at radius 2 is 2.25 bits per heavy atom. The van der Waals surface area contributed by atoms with E-state index < -0.39 is 11.9 Å². The molecule has 1 aliphatic rings. The molecule has 1 aliphatic heterocycles. The van der Waals surface area contributed by atoms with Gasteiger partial charge in [-0.05, 0) is 33.4 Å². The van der Waals surface area contributed by atoms with Crippen LogP contribution in [0.3, 0.4) is 0 Å². The van der Waals surface area contributed by atoms with Crippen molar-refractivity contribution in [3.05, 3.63) is 16.1 Å². The Balaban J connectivity index is 1.81. The van der Waals surface area contributed by atoms with Gasteiger partial charge >= 0.3 is 6.18 Å². The van der Waals surface area contributed by atoms with Crippen LogP contribution in [-0.4, -0.2) is 55.1 Å². The Morgan fingerprint density at radius 3 is 2.83 bits per heavy atom. The molecule has 24 heavy (non-hydrogen) atoms. The molecular formula is C15H24F3N5S. The minimum Gasteiger partial charge on any atom is -0.357 e. The van der Waals surface area contributed by atoms with Gasteiger partial charge in [-0.3, -0.25) is 4.99 Å².